The van der Waals surface area contributed by atoms with Crippen LogP contribution in [-0.2, 0) is 17.9 Å². The molecule has 0 radical (unpaired) electrons. The second-order valence-corrected chi connectivity index (χ2v) is 6.32. The van der Waals surface area contributed by atoms with Crippen LogP contribution in [0.5, 0.6) is 5.75 Å². The first-order valence-corrected chi connectivity index (χ1v) is 8.52. The number of morpholine rings is 1. The van der Waals surface area contributed by atoms with Gasteiger partial charge in [-0.05, 0) is 25.0 Å². The van der Waals surface area contributed by atoms with Gasteiger partial charge in [0.1, 0.15) is 12.4 Å². The summed E-state index contributed by atoms with van der Waals surface area (Å²) < 4.78 is 11.4. The molecular formula is C17H21N5O3. The number of aromatic nitrogens is 3. The predicted octanol–water partition coefficient (Wildman–Crippen LogP) is 1.46. The van der Waals surface area contributed by atoms with Crippen LogP contribution in [0.2, 0.25) is 0 Å². The number of fused-ring (bicyclic) bond motifs is 2. The van der Waals surface area contributed by atoms with Crippen molar-refractivity contribution >= 4 is 6.03 Å². The van der Waals surface area contributed by atoms with E-state index in [-0.39, 0.29) is 24.8 Å². The molecule has 2 bridgehead atoms. The van der Waals surface area contributed by atoms with Gasteiger partial charge in [0.15, 0.2) is 11.6 Å². The second kappa shape index (κ2) is 7.10. The topological polar surface area (TPSA) is 92.4 Å². The van der Waals surface area contributed by atoms with Crippen molar-refractivity contribution in [2.75, 3.05) is 13.1 Å². The minimum atomic E-state index is -0.0907. The van der Waals surface area contributed by atoms with Crippen LogP contribution in [0.15, 0.2) is 30.3 Å². The van der Waals surface area contributed by atoms with Gasteiger partial charge < -0.3 is 19.7 Å². The second-order valence-electron chi connectivity index (χ2n) is 6.32. The number of carbonyl (C=O) groups is 1. The maximum Gasteiger partial charge on any atom is 0.317 e. The molecule has 2 aromatic rings. The smallest absolute Gasteiger partial charge is 0.317 e. The van der Waals surface area contributed by atoms with Gasteiger partial charge in [-0.3, -0.25) is 5.10 Å². The molecule has 2 atom stereocenters. The first kappa shape index (κ1) is 15.9. The highest BCUT2D eigenvalue weighted by molar-refractivity contribution is 5.74. The fourth-order valence-corrected chi connectivity index (χ4v) is 3.19. The Hall–Kier alpha value is -2.61. The summed E-state index contributed by atoms with van der Waals surface area (Å²) in [6.45, 7) is 1.91. The van der Waals surface area contributed by atoms with Crippen molar-refractivity contribution in [1.82, 2.24) is 25.4 Å². The molecule has 4 rings (SSSR count). The van der Waals surface area contributed by atoms with Gasteiger partial charge >= 0.3 is 6.03 Å². The number of ether oxygens (including phenoxy) is 2. The number of para-hydroxylation sites is 1. The molecule has 2 saturated heterocycles. The van der Waals surface area contributed by atoms with E-state index in [1.54, 1.807) is 0 Å². The molecule has 0 aliphatic carbocycles. The highest BCUT2D eigenvalue weighted by Crippen LogP contribution is 2.26. The van der Waals surface area contributed by atoms with E-state index in [0.717, 1.165) is 18.6 Å². The van der Waals surface area contributed by atoms with Crippen LogP contribution in [0, 0.1) is 0 Å². The van der Waals surface area contributed by atoms with Crippen LogP contribution in [0.4, 0.5) is 4.79 Å². The molecule has 25 heavy (non-hydrogen) atoms. The van der Waals surface area contributed by atoms with Gasteiger partial charge in [0, 0.05) is 13.1 Å². The third kappa shape index (κ3) is 3.90. The average molecular weight is 343 g/mol. The maximum absolute atomic E-state index is 12.3. The molecule has 2 aliphatic rings. The average Bonchev–Trinajstić information content (AvgIpc) is 3.24. The third-order valence-electron chi connectivity index (χ3n) is 4.43. The van der Waals surface area contributed by atoms with Crippen LogP contribution in [-0.4, -0.2) is 51.4 Å². The summed E-state index contributed by atoms with van der Waals surface area (Å²) in [6, 6.07) is 9.43. The number of amides is 2. The van der Waals surface area contributed by atoms with Crippen molar-refractivity contribution in [2.45, 2.75) is 38.2 Å². The van der Waals surface area contributed by atoms with Gasteiger partial charge in [-0.1, -0.05) is 18.2 Å². The number of likely N-dealkylation sites (tertiary alicyclic amines) is 1. The Morgan fingerprint density at radius 3 is 2.80 bits per heavy atom. The number of urea groups is 1. The van der Waals surface area contributed by atoms with E-state index in [4.69, 9.17) is 9.47 Å². The minimum Gasteiger partial charge on any atom is -0.486 e. The van der Waals surface area contributed by atoms with Crippen molar-refractivity contribution in [3.63, 3.8) is 0 Å². The normalized spacial score (nSPS) is 22.0. The summed E-state index contributed by atoms with van der Waals surface area (Å²) in [7, 11) is 0. The Morgan fingerprint density at radius 1 is 1.28 bits per heavy atom. The van der Waals surface area contributed by atoms with Gasteiger partial charge in [-0.2, -0.15) is 5.10 Å². The Labute approximate surface area is 145 Å². The van der Waals surface area contributed by atoms with E-state index in [0.29, 0.717) is 31.3 Å². The largest absolute Gasteiger partial charge is 0.486 e. The van der Waals surface area contributed by atoms with Crippen LogP contribution < -0.4 is 10.1 Å². The molecule has 1 aromatic heterocycles. The first-order chi connectivity index (χ1) is 12.3. The molecule has 2 aliphatic heterocycles. The Balaban J connectivity index is 1.24. The lowest BCUT2D eigenvalue weighted by atomic mass is 10.2. The molecule has 8 heteroatoms. The lowest BCUT2D eigenvalue weighted by Crippen LogP contribution is -2.49. The van der Waals surface area contributed by atoms with Gasteiger partial charge in [0.25, 0.3) is 0 Å². The molecule has 1 aromatic carbocycles. The van der Waals surface area contributed by atoms with Crippen LogP contribution in [0.1, 0.15) is 24.5 Å². The van der Waals surface area contributed by atoms with Crippen molar-refractivity contribution in [2.24, 2.45) is 0 Å². The van der Waals surface area contributed by atoms with Gasteiger partial charge in [0.2, 0.25) is 0 Å². The zero-order valence-corrected chi connectivity index (χ0v) is 13.9. The third-order valence-corrected chi connectivity index (χ3v) is 4.43. The number of aromatic amines is 1. The molecule has 2 fully saturated rings. The number of nitrogens with zero attached hydrogens (tertiary/aromatic N) is 3. The molecule has 132 valence electrons. The standard InChI is InChI=1S/C17H21N5O3/c23-17(22-9-13-6-7-14(10-22)25-13)18-8-15-19-16(21-20-15)11-24-12-4-2-1-3-5-12/h1-5,13-14H,6-11H2,(H,18,23)(H,19,20,21)/t13-,14+. The van der Waals surface area contributed by atoms with Gasteiger partial charge in [-0.25, -0.2) is 9.78 Å². The molecular weight excluding hydrogens is 322 g/mol. The number of H-pyrrole nitrogens is 1. The zero-order valence-electron chi connectivity index (χ0n) is 13.9. The van der Waals surface area contributed by atoms with Crippen LogP contribution in [0.25, 0.3) is 0 Å². The highest BCUT2D eigenvalue weighted by atomic mass is 16.5. The minimum absolute atomic E-state index is 0.0907. The zero-order chi connectivity index (χ0) is 17.1. The van der Waals surface area contributed by atoms with E-state index < -0.39 is 0 Å². The number of benzene rings is 1. The Kier molecular flexibility index (Phi) is 4.51. The van der Waals surface area contributed by atoms with E-state index in [2.05, 4.69) is 20.5 Å². The van der Waals surface area contributed by atoms with Crippen molar-refractivity contribution in [1.29, 1.82) is 0 Å². The number of hydrogen-bond donors (Lipinski definition) is 2. The quantitative estimate of drug-likeness (QED) is 0.857. The number of rotatable bonds is 5. The van der Waals surface area contributed by atoms with Crippen molar-refractivity contribution < 1.29 is 14.3 Å². The van der Waals surface area contributed by atoms with Crippen LogP contribution >= 0.6 is 0 Å². The Morgan fingerprint density at radius 2 is 2.04 bits per heavy atom. The monoisotopic (exact) mass is 343 g/mol. The first-order valence-electron chi connectivity index (χ1n) is 8.52. The Bertz CT molecular complexity index is 708. The van der Waals surface area contributed by atoms with Crippen molar-refractivity contribution in [3.05, 3.63) is 42.0 Å². The van der Waals surface area contributed by atoms with Crippen LogP contribution in [0.3, 0.4) is 0 Å². The fraction of sp³-hybridized carbons (Fsp3) is 0.471. The summed E-state index contributed by atoms with van der Waals surface area (Å²) in [4.78, 5) is 18.4. The highest BCUT2D eigenvalue weighted by Gasteiger charge is 2.35. The fourth-order valence-electron chi connectivity index (χ4n) is 3.19. The lowest BCUT2D eigenvalue weighted by Gasteiger charge is -2.31. The van der Waals surface area contributed by atoms with E-state index in [9.17, 15) is 4.79 Å². The number of hydrogen-bond acceptors (Lipinski definition) is 5. The summed E-state index contributed by atoms with van der Waals surface area (Å²) in [6.07, 6.45) is 2.46. The van der Waals surface area contributed by atoms with E-state index >= 15 is 0 Å². The molecule has 0 saturated carbocycles. The predicted molar refractivity (Wildman–Crippen MR) is 88.9 cm³/mol. The summed E-state index contributed by atoms with van der Waals surface area (Å²) in [5.41, 5.74) is 0. The summed E-state index contributed by atoms with van der Waals surface area (Å²) in [5.74, 6) is 1.93. The molecule has 0 unspecified atom stereocenters. The van der Waals surface area contributed by atoms with Gasteiger partial charge in [-0.15, -0.1) is 0 Å². The van der Waals surface area contributed by atoms with E-state index in [1.807, 2.05) is 35.2 Å². The van der Waals surface area contributed by atoms with Gasteiger partial charge in [0.05, 0.1) is 18.8 Å². The molecule has 2 amide bonds. The number of carbonyl (C=O) groups excluding carboxylic acids is 1. The SMILES string of the molecule is O=C(NCc1n[nH]c(COc2ccccc2)n1)N1C[C@H]2CC[C@@H](C1)O2. The molecule has 3 heterocycles. The molecule has 2 N–H and O–H groups in total. The number of nitrogens with one attached hydrogen (secondary N) is 2. The molecule has 8 nitrogen and oxygen atoms in total. The molecule has 0 spiro atoms. The maximum atomic E-state index is 12.3. The lowest BCUT2D eigenvalue weighted by molar-refractivity contribution is -0.0238. The summed E-state index contributed by atoms with van der Waals surface area (Å²) >= 11 is 0. The van der Waals surface area contributed by atoms with E-state index in [1.165, 1.54) is 0 Å². The van der Waals surface area contributed by atoms with Crippen molar-refractivity contribution in [3.8, 4) is 5.75 Å². The summed E-state index contributed by atoms with van der Waals surface area (Å²) in [5, 5.41) is 9.82.